The van der Waals surface area contributed by atoms with Crippen molar-refractivity contribution in [2.75, 3.05) is 13.1 Å². The number of thiophene rings is 1. The first-order valence-corrected chi connectivity index (χ1v) is 9.52. The SMILES string of the molecule is CC(=O)NCCN(C(C)C(=O)O)S(=O)(=O)c1csc2ccccc12. The van der Waals surface area contributed by atoms with Crippen LogP contribution in [0.1, 0.15) is 13.8 Å². The molecule has 0 saturated carbocycles. The van der Waals surface area contributed by atoms with Crippen molar-refractivity contribution in [3.05, 3.63) is 29.6 Å². The molecule has 130 valence electrons. The Bertz CT molecular complexity index is 860. The van der Waals surface area contributed by atoms with E-state index in [2.05, 4.69) is 5.32 Å². The number of nitrogens with zero attached hydrogens (tertiary/aromatic N) is 1. The number of nitrogens with one attached hydrogen (secondary N) is 1. The lowest BCUT2D eigenvalue weighted by Crippen LogP contribution is -2.46. The highest BCUT2D eigenvalue weighted by Crippen LogP contribution is 2.31. The second kappa shape index (κ2) is 7.29. The Hall–Kier alpha value is -1.97. The highest BCUT2D eigenvalue weighted by atomic mass is 32.2. The molecular weight excluding hydrogens is 352 g/mol. The van der Waals surface area contributed by atoms with Gasteiger partial charge in [0.15, 0.2) is 0 Å². The average Bonchev–Trinajstić information content (AvgIpc) is 2.95. The zero-order chi connectivity index (χ0) is 17.9. The fraction of sp³-hybridized carbons (Fsp3) is 0.333. The average molecular weight is 370 g/mol. The summed E-state index contributed by atoms with van der Waals surface area (Å²) < 4.78 is 27.7. The van der Waals surface area contributed by atoms with Crippen molar-refractivity contribution in [3.63, 3.8) is 0 Å². The first-order chi connectivity index (χ1) is 11.2. The maximum absolute atomic E-state index is 13.0. The van der Waals surface area contributed by atoms with Crippen LogP contribution in [0.5, 0.6) is 0 Å². The maximum Gasteiger partial charge on any atom is 0.321 e. The second-order valence-electron chi connectivity index (χ2n) is 5.21. The molecule has 2 rings (SSSR count). The van der Waals surface area contributed by atoms with Gasteiger partial charge in [-0.1, -0.05) is 18.2 Å². The Morgan fingerprint density at radius 3 is 2.62 bits per heavy atom. The van der Waals surface area contributed by atoms with E-state index < -0.39 is 22.0 Å². The van der Waals surface area contributed by atoms with Gasteiger partial charge >= 0.3 is 5.97 Å². The number of fused-ring (bicyclic) bond motifs is 1. The van der Waals surface area contributed by atoms with E-state index in [9.17, 15) is 23.1 Å². The molecular formula is C15H18N2O5S2. The lowest BCUT2D eigenvalue weighted by atomic mass is 10.3. The molecule has 1 amide bonds. The first-order valence-electron chi connectivity index (χ1n) is 7.20. The number of amides is 1. The normalized spacial score (nSPS) is 13.1. The summed E-state index contributed by atoms with van der Waals surface area (Å²) in [6.07, 6.45) is 0. The van der Waals surface area contributed by atoms with Crippen molar-refractivity contribution < 1.29 is 23.1 Å². The van der Waals surface area contributed by atoms with E-state index in [4.69, 9.17) is 0 Å². The number of benzene rings is 1. The van der Waals surface area contributed by atoms with Gasteiger partial charge in [-0.05, 0) is 13.0 Å². The zero-order valence-electron chi connectivity index (χ0n) is 13.2. The van der Waals surface area contributed by atoms with E-state index >= 15 is 0 Å². The Morgan fingerprint density at radius 2 is 2.00 bits per heavy atom. The summed E-state index contributed by atoms with van der Waals surface area (Å²) in [5, 5.41) is 13.8. The van der Waals surface area contributed by atoms with Gasteiger partial charge in [-0.3, -0.25) is 9.59 Å². The summed E-state index contributed by atoms with van der Waals surface area (Å²) in [6.45, 7) is 2.53. The van der Waals surface area contributed by atoms with Crippen LogP contribution in [0.15, 0.2) is 34.5 Å². The number of sulfonamides is 1. The van der Waals surface area contributed by atoms with Gasteiger partial charge < -0.3 is 10.4 Å². The summed E-state index contributed by atoms with van der Waals surface area (Å²) in [7, 11) is -4.01. The van der Waals surface area contributed by atoms with Crippen LogP contribution in [0.4, 0.5) is 0 Å². The van der Waals surface area contributed by atoms with Crippen molar-refractivity contribution in [2.45, 2.75) is 24.8 Å². The minimum atomic E-state index is -4.01. The van der Waals surface area contributed by atoms with E-state index in [1.165, 1.54) is 30.6 Å². The molecule has 0 radical (unpaired) electrons. The van der Waals surface area contributed by atoms with Crippen LogP contribution in [0.2, 0.25) is 0 Å². The summed E-state index contributed by atoms with van der Waals surface area (Å²) in [5.41, 5.74) is 0. The van der Waals surface area contributed by atoms with E-state index in [1.54, 1.807) is 18.2 Å². The van der Waals surface area contributed by atoms with Gasteiger partial charge in [0, 0.05) is 35.5 Å². The second-order valence-corrected chi connectivity index (χ2v) is 7.98. The Kier molecular flexibility index (Phi) is 5.58. The fourth-order valence-corrected chi connectivity index (χ4v) is 5.33. The van der Waals surface area contributed by atoms with Gasteiger partial charge in [-0.25, -0.2) is 8.42 Å². The predicted octanol–water partition coefficient (Wildman–Crippen LogP) is 1.50. The van der Waals surface area contributed by atoms with Gasteiger partial charge in [0.05, 0.1) is 0 Å². The van der Waals surface area contributed by atoms with Crippen LogP contribution in [0, 0.1) is 0 Å². The third kappa shape index (κ3) is 3.74. The zero-order valence-corrected chi connectivity index (χ0v) is 14.9. The summed E-state index contributed by atoms with van der Waals surface area (Å²) >= 11 is 1.28. The number of carbonyl (C=O) groups is 2. The number of carboxylic acid groups (broad SMARTS) is 1. The molecule has 0 aliphatic carbocycles. The van der Waals surface area contributed by atoms with Crippen LogP contribution in [-0.2, 0) is 19.6 Å². The fourth-order valence-electron chi connectivity index (χ4n) is 2.27. The molecule has 1 unspecified atom stereocenters. The molecule has 24 heavy (non-hydrogen) atoms. The minimum Gasteiger partial charge on any atom is -0.480 e. The van der Waals surface area contributed by atoms with Crippen molar-refractivity contribution in [1.29, 1.82) is 0 Å². The Morgan fingerprint density at radius 1 is 1.33 bits per heavy atom. The Balaban J connectivity index is 2.42. The van der Waals surface area contributed by atoms with Gasteiger partial charge in [-0.15, -0.1) is 11.3 Å². The number of hydrogen-bond acceptors (Lipinski definition) is 5. The molecule has 7 nitrogen and oxygen atoms in total. The van der Waals surface area contributed by atoms with Crippen LogP contribution < -0.4 is 5.32 Å². The smallest absolute Gasteiger partial charge is 0.321 e. The molecule has 1 aromatic carbocycles. The van der Waals surface area contributed by atoms with Gasteiger partial charge in [0.25, 0.3) is 0 Å². The third-order valence-corrected chi connectivity index (χ3v) is 6.65. The topological polar surface area (TPSA) is 104 Å². The molecule has 1 atom stereocenters. The molecule has 0 spiro atoms. The standard InChI is InChI=1S/C15H18N2O5S2/c1-10(15(19)20)17(8-7-16-11(2)18)24(21,22)14-9-23-13-6-4-3-5-12(13)14/h3-6,9-10H,7-8H2,1-2H3,(H,16,18)(H,19,20). The largest absolute Gasteiger partial charge is 0.480 e. The van der Waals surface area contributed by atoms with Crippen LogP contribution in [0.3, 0.4) is 0 Å². The third-order valence-electron chi connectivity index (χ3n) is 3.53. The van der Waals surface area contributed by atoms with Crippen LogP contribution >= 0.6 is 11.3 Å². The molecule has 2 N–H and O–H groups in total. The number of carboxylic acids is 1. The monoisotopic (exact) mass is 370 g/mol. The van der Waals surface area contributed by atoms with Crippen molar-refractivity contribution in [2.24, 2.45) is 0 Å². The van der Waals surface area contributed by atoms with Gasteiger partial charge in [0.1, 0.15) is 10.9 Å². The van der Waals surface area contributed by atoms with Crippen molar-refractivity contribution >= 4 is 43.3 Å². The maximum atomic E-state index is 13.0. The highest BCUT2D eigenvalue weighted by Gasteiger charge is 2.34. The Labute approximate surface area is 143 Å². The van der Waals surface area contributed by atoms with E-state index in [0.29, 0.717) is 5.39 Å². The molecule has 0 saturated heterocycles. The van der Waals surface area contributed by atoms with Gasteiger partial charge in [0.2, 0.25) is 15.9 Å². The molecule has 0 fully saturated rings. The molecule has 0 bridgehead atoms. The first kappa shape index (κ1) is 18.4. The van der Waals surface area contributed by atoms with E-state index in [-0.39, 0.29) is 23.9 Å². The minimum absolute atomic E-state index is 0.0360. The van der Waals surface area contributed by atoms with E-state index in [1.807, 2.05) is 6.07 Å². The molecule has 9 heteroatoms. The molecule has 1 heterocycles. The summed E-state index contributed by atoms with van der Waals surface area (Å²) in [5.74, 6) is -1.56. The number of aliphatic carboxylic acids is 1. The predicted molar refractivity (Wildman–Crippen MR) is 91.5 cm³/mol. The van der Waals surface area contributed by atoms with Crippen molar-refractivity contribution in [3.8, 4) is 0 Å². The van der Waals surface area contributed by atoms with Crippen LogP contribution in [-0.4, -0.2) is 48.8 Å². The lowest BCUT2D eigenvalue weighted by molar-refractivity contribution is -0.140. The van der Waals surface area contributed by atoms with Crippen molar-refractivity contribution in [1.82, 2.24) is 9.62 Å². The lowest BCUT2D eigenvalue weighted by Gasteiger charge is -2.25. The highest BCUT2D eigenvalue weighted by molar-refractivity contribution is 7.89. The quantitative estimate of drug-likeness (QED) is 0.769. The molecule has 0 aliphatic heterocycles. The van der Waals surface area contributed by atoms with E-state index in [0.717, 1.165) is 9.01 Å². The number of rotatable bonds is 7. The van der Waals surface area contributed by atoms with Crippen LogP contribution in [0.25, 0.3) is 10.1 Å². The molecule has 2 aromatic rings. The molecule has 0 aliphatic rings. The summed E-state index contributed by atoms with van der Waals surface area (Å²) in [4.78, 5) is 22.4. The number of carbonyl (C=O) groups excluding carboxylic acids is 1. The molecule has 1 aromatic heterocycles. The van der Waals surface area contributed by atoms with Gasteiger partial charge in [-0.2, -0.15) is 4.31 Å². The summed E-state index contributed by atoms with van der Waals surface area (Å²) in [6, 6.07) is 5.79. The number of hydrogen-bond donors (Lipinski definition) is 2.